The van der Waals surface area contributed by atoms with Gasteiger partial charge in [0.25, 0.3) is 5.32 Å². The summed E-state index contributed by atoms with van der Waals surface area (Å²) in [6.45, 7) is 6.17. The second-order valence-corrected chi connectivity index (χ2v) is 12.7. The maximum atomic E-state index is 13.0. The van der Waals surface area contributed by atoms with Crippen LogP contribution in [0.2, 0.25) is 19.6 Å². The molecule has 7 heteroatoms. The highest BCUT2D eigenvalue weighted by atomic mass is 79.9. The first-order valence-corrected chi connectivity index (χ1v) is 12.1. The number of para-hydroxylation sites is 1. The number of carbonyl (C=O) groups excluding carboxylic acids is 1. The normalized spacial score (nSPS) is 11.5. The molecule has 1 N–H and O–H groups in total. The minimum absolute atomic E-state index is 0.112. The van der Waals surface area contributed by atoms with Crippen LogP contribution in [0.3, 0.4) is 0 Å². The zero-order valence-corrected chi connectivity index (χ0v) is 16.8. The van der Waals surface area contributed by atoms with Crippen LogP contribution in [-0.2, 0) is 0 Å². The predicted molar refractivity (Wildman–Crippen MR) is 101 cm³/mol. The number of aromatic nitrogens is 2. The molecule has 0 radical (unpaired) electrons. The molecule has 0 fully saturated rings. The monoisotopic (exact) mass is 417 g/mol. The average molecular weight is 418 g/mol. The van der Waals surface area contributed by atoms with E-state index < -0.39 is 8.07 Å². The fourth-order valence-corrected chi connectivity index (χ4v) is 4.47. The van der Waals surface area contributed by atoms with Crippen LogP contribution in [-0.4, -0.2) is 19.1 Å². The lowest BCUT2D eigenvalue weighted by atomic mass is 10.0. The molecule has 5 nitrogen and oxygen atoms in total. The Morgan fingerprint density at radius 1 is 1.08 bits per heavy atom. The lowest BCUT2D eigenvalue weighted by Gasteiger charge is -2.08. The summed E-state index contributed by atoms with van der Waals surface area (Å²) in [4.78, 5) is 25.2. The Morgan fingerprint density at radius 2 is 1.72 bits per heavy atom. The van der Waals surface area contributed by atoms with E-state index in [1.807, 2.05) is 24.3 Å². The molecule has 1 aromatic heterocycles. The zero-order chi connectivity index (χ0) is 18.2. The Kier molecular flexibility index (Phi) is 4.62. The molecule has 0 bridgehead atoms. The van der Waals surface area contributed by atoms with Crippen LogP contribution < -0.4 is 15.6 Å². The summed E-state index contributed by atoms with van der Waals surface area (Å²) in [5.41, 5.74) is 1.31. The van der Waals surface area contributed by atoms with E-state index in [1.165, 1.54) is 0 Å². The van der Waals surface area contributed by atoms with Crippen molar-refractivity contribution < 1.29 is 14.0 Å². The molecule has 0 unspecified atom stereocenters. The van der Waals surface area contributed by atoms with E-state index in [0.717, 1.165) is 4.47 Å². The Morgan fingerprint density at radius 3 is 2.36 bits per heavy atom. The third-order valence-electron chi connectivity index (χ3n) is 3.85. The second-order valence-electron chi connectivity index (χ2n) is 6.77. The first-order chi connectivity index (χ1) is 11.8. The molecule has 0 aliphatic rings. The van der Waals surface area contributed by atoms with Crippen LogP contribution in [0.15, 0.2) is 62.3 Å². The summed E-state index contributed by atoms with van der Waals surface area (Å²) in [6, 6.07) is 14.4. The maximum Gasteiger partial charge on any atom is 0.424 e. The molecule has 0 atom stereocenters. The van der Waals surface area contributed by atoms with Gasteiger partial charge in [0.05, 0.1) is 5.56 Å². The predicted octanol–water partition coefficient (Wildman–Crippen LogP) is 2.78. The van der Waals surface area contributed by atoms with Crippen LogP contribution in [0.25, 0.3) is 5.69 Å². The Balaban J connectivity index is 2.17. The fraction of sp³-hybridized carbons (Fsp3) is 0.167. The standard InChI is InChI=1S/C18H17BrN2O3Si/c1-25(2,3)17-18(23)24-20-21(17)15-7-5-4-6-14(15)16(22)12-8-10-13(19)11-9-12/h4-11H,1-3H3/p+1. The molecule has 0 amide bonds. The largest absolute Gasteiger partial charge is 0.424 e. The van der Waals surface area contributed by atoms with Gasteiger partial charge in [-0.1, -0.05) is 47.7 Å². The van der Waals surface area contributed by atoms with Gasteiger partial charge in [-0.2, -0.15) is 0 Å². The summed E-state index contributed by atoms with van der Waals surface area (Å²) >= 11 is 3.37. The highest BCUT2D eigenvalue weighted by Crippen LogP contribution is 2.17. The van der Waals surface area contributed by atoms with Crippen molar-refractivity contribution in [3.05, 3.63) is 74.6 Å². The SMILES string of the molecule is C[Si](C)(C)c1c(=O)o[nH][n+]1-c1ccccc1C(=O)c1ccc(Br)cc1. The van der Waals surface area contributed by atoms with E-state index in [4.69, 9.17) is 4.52 Å². The second kappa shape index (κ2) is 6.57. The quantitative estimate of drug-likeness (QED) is 0.403. The van der Waals surface area contributed by atoms with Gasteiger partial charge in [0.15, 0.2) is 13.9 Å². The van der Waals surface area contributed by atoms with E-state index in [-0.39, 0.29) is 11.4 Å². The molecular weight excluding hydrogens is 400 g/mol. The van der Waals surface area contributed by atoms with E-state index in [2.05, 4.69) is 40.8 Å². The highest BCUT2D eigenvalue weighted by Gasteiger charge is 2.38. The molecule has 3 aromatic rings. The number of benzene rings is 2. The van der Waals surface area contributed by atoms with Crippen LogP contribution in [0, 0.1) is 0 Å². The van der Waals surface area contributed by atoms with Gasteiger partial charge in [0, 0.05) is 16.1 Å². The highest BCUT2D eigenvalue weighted by molar-refractivity contribution is 9.10. The van der Waals surface area contributed by atoms with Crippen LogP contribution in [0.4, 0.5) is 0 Å². The molecule has 0 spiro atoms. The molecular formula is C18H18BrN2O3Si+. The van der Waals surface area contributed by atoms with Gasteiger partial charge < -0.3 is 0 Å². The minimum atomic E-state index is -1.99. The van der Waals surface area contributed by atoms with Gasteiger partial charge >= 0.3 is 5.63 Å². The van der Waals surface area contributed by atoms with Crippen molar-refractivity contribution in [1.82, 2.24) is 5.27 Å². The van der Waals surface area contributed by atoms with E-state index in [1.54, 1.807) is 28.9 Å². The number of ketones is 1. The summed E-state index contributed by atoms with van der Waals surface area (Å²) in [5.74, 6) is -0.112. The molecule has 2 aromatic carbocycles. The van der Waals surface area contributed by atoms with Crippen LogP contribution in [0.1, 0.15) is 15.9 Å². The minimum Gasteiger partial charge on any atom is -0.288 e. The van der Waals surface area contributed by atoms with Crippen molar-refractivity contribution in [2.24, 2.45) is 0 Å². The molecule has 128 valence electrons. The van der Waals surface area contributed by atoms with Gasteiger partial charge in [0.2, 0.25) is 5.69 Å². The molecule has 25 heavy (non-hydrogen) atoms. The van der Waals surface area contributed by atoms with Gasteiger partial charge in [-0.3, -0.25) is 9.32 Å². The summed E-state index contributed by atoms with van der Waals surface area (Å²) in [7, 11) is -1.99. The molecule has 0 saturated carbocycles. The maximum absolute atomic E-state index is 13.0. The summed E-state index contributed by atoms with van der Waals surface area (Å²) < 4.78 is 7.55. The number of aromatic amines is 1. The van der Waals surface area contributed by atoms with Crippen molar-refractivity contribution in [3.8, 4) is 5.69 Å². The number of rotatable bonds is 4. The fourth-order valence-electron chi connectivity index (χ4n) is 2.70. The average Bonchev–Trinajstić information content (AvgIpc) is 2.97. The topological polar surface area (TPSA) is 67.0 Å². The zero-order valence-electron chi connectivity index (χ0n) is 14.2. The smallest absolute Gasteiger partial charge is 0.288 e. The number of H-pyrrole nitrogens is 1. The Labute approximate surface area is 154 Å². The van der Waals surface area contributed by atoms with E-state index >= 15 is 0 Å². The summed E-state index contributed by atoms with van der Waals surface area (Å²) in [6.07, 6.45) is 0. The number of hydrogen-bond donors (Lipinski definition) is 1. The third-order valence-corrected chi connectivity index (χ3v) is 6.23. The van der Waals surface area contributed by atoms with Crippen LogP contribution >= 0.6 is 15.9 Å². The van der Waals surface area contributed by atoms with Crippen molar-refractivity contribution in [2.75, 3.05) is 0 Å². The van der Waals surface area contributed by atoms with Gasteiger partial charge in [-0.05, 0) is 40.3 Å². The number of hydrogen-bond acceptors (Lipinski definition) is 3. The van der Waals surface area contributed by atoms with Gasteiger partial charge in [-0.15, -0.1) is 0 Å². The number of carbonyl (C=O) groups is 1. The number of halogens is 1. The first-order valence-electron chi connectivity index (χ1n) is 7.83. The lowest BCUT2D eigenvalue weighted by Crippen LogP contribution is -2.63. The molecule has 3 rings (SSSR count). The van der Waals surface area contributed by atoms with E-state index in [0.29, 0.717) is 22.1 Å². The first kappa shape index (κ1) is 17.6. The van der Waals surface area contributed by atoms with Crippen molar-refractivity contribution in [1.29, 1.82) is 0 Å². The number of nitrogens with zero attached hydrogens (tertiary/aromatic N) is 1. The van der Waals surface area contributed by atoms with Crippen LogP contribution in [0.5, 0.6) is 0 Å². The van der Waals surface area contributed by atoms with Crippen molar-refractivity contribution in [3.63, 3.8) is 0 Å². The number of nitrogens with one attached hydrogen (secondary N) is 1. The summed E-state index contributed by atoms with van der Waals surface area (Å²) in [5, 5.41) is 3.24. The Hall–Kier alpha value is -2.25. The van der Waals surface area contributed by atoms with Gasteiger partial charge in [-0.25, -0.2) is 4.79 Å². The van der Waals surface area contributed by atoms with Crippen molar-refractivity contribution >= 4 is 35.1 Å². The Bertz CT molecular complexity index is 985. The van der Waals surface area contributed by atoms with Gasteiger partial charge in [0.1, 0.15) is 0 Å². The molecule has 0 saturated heterocycles. The molecule has 0 aliphatic heterocycles. The third kappa shape index (κ3) is 3.43. The lowest BCUT2D eigenvalue weighted by molar-refractivity contribution is -0.654. The molecule has 1 heterocycles. The van der Waals surface area contributed by atoms with Crippen molar-refractivity contribution in [2.45, 2.75) is 19.6 Å². The molecule has 0 aliphatic carbocycles. The van der Waals surface area contributed by atoms with E-state index in [9.17, 15) is 9.59 Å².